The number of cyclic esters (lactones) is 2. The number of nitriles is 1. The molecule has 0 bridgehead atoms. The first-order chi connectivity index (χ1) is 7.22. The number of hydrogen-bond donors (Lipinski definition) is 0. The minimum Gasteiger partial charge on any atom is -0.393 e. The molecule has 0 saturated carbocycles. The average molecular weight is 201 g/mol. The largest absolute Gasteiger partial charge is 0.393 e. The summed E-state index contributed by atoms with van der Waals surface area (Å²) in [5.41, 5.74) is 0.977. The van der Waals surface area contributed by atoms with E-state index in [1.54, 1.807) is 24.3 Å². The molecule has 1 aliphatic heterocycles. The lowest BCUT2D eigenvalue weighted by molar-refractivity contribution is -0.152. The summed E-state index contributed by atoms with van der Waals surface area (Å²) in [7, 11) is 0. The van der Waals surface area contributed by atoms with E-state index in [2.05, 4.69) is 4.74 Å². The maximum atomic E-state index is 11.3. The second-order valence-corrected chi connectivity index (χ2v) is 3.25. The lowest BCUT2D eigenvalue weighted by atomic mass is 9.93. The van der Waals surface area contributed by atoms with E-state index in [0.29, 0.717) is 11.1 Å². The van der Waals surface area contributed by atoms with Crippen LogP contribution in [0.5, 0.6) is 0 Å². The van der Waals surface area contributed by atoms with Gasteiger partial charge in [-0.25, -0.2) is 0 Å². The van der Waals surface area contributed by atoms with E-state index in [-0.39, 0.29) is 6.42 Å². The van der Waals surface area contributed by atoms with E-state index in [1.165, 1.54) is 0 Å². The molecule has 0 aromatic heterocycles. The number of esters is 2. The molecule has 0 aliphatic carbocycles. The SMILES string of the molecule is N#Cc1ccccc1C1CC(=O)OC1=O. The number of ether oxygens (including phenoxy) is 1. The molecule has 4 heteroatoms. The lowest BCUT2D eigenvalue weighted by Gasteiger charge is -2.05. The van der Waals surface area contributed by atoms with Crippen molar-refractivity contribution in [2.45, 2.75) is 12.3 Å². The Morgan fingerprint density at radius 1 is 1.33 bits per heavy atom. The van der Waals surface area contributed by atoms with Crippen LogP contribution in [0.1, 0.15) is 23.5 Å². The molecule has 1 unspecified atom stereocenters. The highest BCUT2D eigenvalue weighted by Gasteiger charge is 2.35. The van der Waals surface area contributed by atoms with Gasteiger partial charge in [-0.1, -0.05) is 18.2 Å². The van der Waals surface area contributed by atoms with Gasteiger partial charge in [-0.05, 0) is 11.6 Å². The van der Waals surface area contributed by atoms with Crippen LogP contribution in [0.2, 0.25) is 0 Å². The Kier molecular flexibility index (Phi) is 2.22. The summed E-state index contributed by atoms with van der Waals surface area (Å²) in [5.74, 6) is -1.71. The highest BCUT2D eigenvalue weighted by Crippen LogP contribution is 2.29. The highest BCUT2D eigenvalue weighted by atomic mass is 16.6. The van der Waals surface area contributed by atoms with E-state index < -0.39 is 17.9 Å². The molecular formula is C11H7NO3. The molecule has 15 heavy (non-hydrogen) atoms. The summed E-state index contributed by atoms with van der Waals surface area (Å²) in [6.07, 6.45) is 0.0253. The Hall–Kier alpha value is -2.15. The summed E-state index contributed by atoms with van der Waals surface area (Å²) in [6.45, 7) is 0. The van der Waals surface area contributed by atoms with Crippen LogP contribution in [0.3, 0.4) is 0 Å². The molecule has 0 spiro atoms. The van der Waals surface area contributed by atoms with E-state index in [4.69, 9.17) is 5.26 Å². The van der Waals surface area contributed by atoms with Gasteiger partial charge in [0, 0.05) is 0 Å². The van der Waals surface area contributed by atoms with Gasteiger partial charge >= 0.3 is 11.9 Å². The molecule has 2 rings (SSSR count). The minimum absolute atomic E-state index is 0.0253. The number of hydrogen-bond acceptors (Lipinski definition) is 4. The summed E-state index contributed by atoms with van der Waals surface area (Å²) in [5, 5.41) is 8.84. The minimum atomic E-state index is -0.617. The van der Waals surface area contributed by atoms with Crippen molar-refractivity contribution in [1.82, 2.24) is 0 Å². The van der Waals surface area contributed by atoms with Gasteiger partial charge in [0.15, 0.2) is 0 Å². The molecule has 1 saturated heterocycles. The summed E-state index contributed by atoms with van der Waals surface area (Å²) >= 11 is 0. The Bertz CT molecular complexity index is 473. The van der Waals surface area contributed by atoms with Crippen molar-refractivity contribution >= 4 is 11.9 Å². The molecule has 1 fully saturated rings. The second-order valence-electron chi connectivity index (χ2n) is 3.25. The molecule has 1 heterocycles. The van der Waals surface area contributed by atoms with Crippen LogP contribution in [0, 0.1) is 11.3 Å². The predicted octanol–water partition coefficient (Wildman–Crippen LogP) is 1.12. The predicted molar refractivity (Wildman–Crippen MR) is 49.6 cm³/mol. The van der Waals surface area contributed by atoms with Gasteiger partial charge in [0.1, 0.15) is 0 Å². The quantitative estimate of drug-likeness (QED) is 0.504. The average Bonchev–Trinajstić information content (AvgIpc) is 2.57. The second kappa shape index (κ2) is 3.54. The standard InChI is InChI=1S/C11H7NO3/c12-6-7-3-1-2-4-8(7)9-5-10(13)15-11(9)14/h1-4,9H,5H2. The van der Waals surface area contributed by atoms with Crippen molar-refractivity contribution in [1.29, 1.82) is 5.26 Å². The number of carbonyl (C=O) groups is 2. The van der Waals surface area contributed by atoms with Gasteiger partial charge in [0.25, 0.3) is 0 Å². The van der Waals surface area contributed by atoms with Crippen LogP contribution in [-0.2, 0) is 14.3 Å². The third-order valence-electron chi connectivity index (χ3n) is 2.33. The Balaban J connectivity index is 2.42. The van der Waals surface area contributed by atoms with Crippen LogP contribution < -0.4 is 0 Å². The molecule has 1 aromatic carbocycles. The fourth-order valence-corrected chi connectivity index (χ4v) is 1.61. The summed E-state index contributed by atoms with van der Waals surface area (Å²) in [4.78, 5) is 22.2. The fraction of sp³-hybridized carbons (Fsp3) is 0.182. The molecule has 0 N–H and O–H groups in total. The van der Waals surface area contributed by atoms with Crippen molar-refractivity contribution in [3.05, 3.63) is 35.4 Å². The molecule has 0 radical (unpaired) electrons. The van der Waals surface area contributed by atoms with Crippen molar-refractivity contribution in [3.63, 3.8) is 0 Å². The number of benzene rings is 1. The normalized spacial score (nSPS) is 19.8. The molecular weight excluding hydrogens is 194 g/mol. The van der Waals surface area contributed by atoms with E-state index in [0.717, 1.165) is 0 Å². The van der Waals surface area contributed by atoms with Gasteiger partial charge in [0.05, 0.1) is 24.0 Å². The Labute approximate surface area is 86.1 Å². The van der Waals surface area contributed by atoms with Crippen LogP contribution >= 0.6 is 0 Å². The zero-order valence-corrected chi connectivity index (χ0v) is 7.77. The molecule has 1 aliphatic rings. The maximum absolute atomic E-state index is 11.3. The van der Waals surface area contributed by atoms with Crippen LogP contribution in [0.25, 0.3) is 0 Å². The zero-order chi connectivity index (χ0) is 10.8. The first-order valence-corrected chi connectivity index (χ1v) is 4.46. The molecule has 0 amide bonds. The van der Waals surface area contributed by atoms with E-state index >= 15 is 0 Å². The van der Waals surface area contributed by atoms with Crippen LogP contribution in [0.15, 0.2) is 24.3 Å². The van der Waals surface area contributed by atoms with Crippen molar-refractivity contribution in [3.8, 4) is 6.07 Å². The first kappa shape index (κ1) is 9.41. The molecule has 4 nitrogen and oxygen atoms in total. The molecule has 1 aromatic rings. The molecule has 74 valence electrons. The van der Waals surface area contributed by atoms with E-state index in [1.807, 2.05) is 6.07 Å². The summed E-state index contributed by atoms with van der Waals surface area (Å²) in [6, 6.07) is 8.72. The van der Waals surface area contributed by atoms with Gasteiger partial charge in [-0.2, -0.15) is 5.26 Å². The van der Waals surface area contributed by atoms with Gasteiger partial charge < -0.3 is 4.74 Å². The Morgan fingerprint density at radius 3 is 2.67 bits per heavy atom. The highest BCUT2D eigenvalue weighted by molar-refractivity contribution is 5.98. The number of carbonyl (C=O) groups excluding carboxylic acids is 2. The fourth-order valence-electron chi connectivity index (χ4n) is 1.61. The monoisotopic (exact) mass is 201 g/mol. The van der Waals surface area contributed by atoms with Crippen LogP contribution in [0.4, 0.5) is 0 Å². The molecule has 1 atom stereocenters. The third-order valence-corrected chi connectivity index (χ3v) is 2.33. The zero-order valence-electron chi connectivity index (χ0n) is 7.77. The summed E-state index contributed by atoms with van der Waals surface area (Å²) < 4.78 is 4.44. The maximum Gasteiger partial charge on any atom is 0.321 e. The van der Waals surface area contributed by atoms with Gasteiger partial charge in [-0.3, -0.25) is 9.59 Å². The topological polar surface area (TPSA) is 67.2 Å². The van der Waals surface area contributed by atoms with Crippen molar-refractivity contribution in [2.75, 3.05) is 0 Å². The first-order valence-electron chi connectivity index (χ1n) is 4.46. The van der Waals surface area contributed by atoms with Crippen molar-refractivity contribution < 1.29 is 14.3 Å². The number of rotatable bonds is 1. The lowest BCUT2D eigenvalue weighted by Crippen LogP contribution is -2.07. The van der Waals surface area contributed by atoms with E-state index in [9.17, 15) is 9.59 Å². The van der Waals surface area contributed by atoms with Gasteiger partial charge in [0.2, 0.25) is 0 Å². The smallest absolute Gasteiger partial charge is 0.321 e. The van der Waals surface area contributed by atoms with Crippen molar-refractivity contribution in [2.24, 2.45) is 0 Å². The third kappa shape index (κ3) is 1.59. The Morgan fingerprint density at radius 2 is 2.07 bits per heavy atom. The number of nitrogens with zero attached hydrogens (tertiary/aromatic N) is 1. The van der Waals surface area contributed by atoms with Crippen LogP contribution in [-0.4, -0.2) is 11.9 Å². The van der Waals surface area contributed by atoms with Gasteiger partial charge in [-0.15, -0.1) is 0 Å².